The first-order chi connectivity index (χ1) is 8.45. The van der Waals surface area contributed by atoms with E-state index in [2.05, 4.69) is 15.3 Å². The third-order valence-corrected chi connectivity index (χ3v) is 2.68. The summed E-state index contributed by atoms with van der Waals surface area (Å²) < 4.78 is 0. The summed E-state index contributed by atoms with van der Waals surface area (Å²) >= 11 is 5.92. The Balaban J connectivity index is 2.32. The number of hydrogen-bond donors (Lipinski definition) is 1. The van der Waals surface area contributed by atoms with Crippen molar-refractivity contribution in [2.75, 3.05) is 18.0 Å². The number of hydrogen-bond acceptors (Lipinski definition) is 5. The van der Waals surface area contributed by atoms with Gasteiger partial charge in [-0.1, -0.05) is 25.4 Å². The second-order valence-electron chi connectivity index (χ2n) is 4.39. The summed E-state index contributed by atoms with van der Waals surface area (Å²) in [6.45, 7) is 4.08. The molecule has 2 heterocycles. The van der Waals surface area contributed by atoms with Gasteiger partial charge in [-0.15, -0.1) is 0 Å². The van der Waals surface area contributed by atoms with Gasteiger partial charge >= 0.3 is 0 Å². The van der Waals surface area contributed by atoms with E-state index in [4.69, 9.17) is 11.6 Å². The van der Waals surface area contributed by atoms with E-state index in [1.807, 2.05) is 13.8 Å². The van der Waals surface area contributed by atoms with E-state index in [-0.39, 0.29) is 30.8 Å². The molecule has 96 valence electrons. The van der Waals surface area contributed by atoms with Crippen LogP contribution < -0.4 is 10.2 Å². The number of piperazine rings is 1. The Labute approximate surface area is 109 Å². The molecule has 0 aromatic carbocycles. The van der Waals surface area contributed by atoms with Gasteiger partial charge in [-0.05, 0) is 0 Å². The maximum absolute atomic E-state index is 11.3. The number of aromatic nitrogens is 2. The summed E-state index contributed by atoms with van der Waals surface area (Å²) in [5, 5.41) is 2.54. The van der Waals surface area contributed by atoms with Gasteiger partial charge in [0.05, 0.1) is 13.1 Å². The van der Waals surface area contributed by atoms with Crippen molar-refractivity contribution in [1.82, 2.24) is 15.3 Å². The number of nitrogens with zero attached hydrogens (tertiary/aromatic N) is 3. The highest BCUT2D eigenvalue weighted by atomic mass is 35.5. The number of anilines is 1. The van der Waals surface area contributed by atoms with Crippen molar-refractivity contribution >= 4 is 29.2 Å². The fourth-order valence-corrected chi connectivity index (χ4v) is 1.83. The second kappa shape index (κ2) is 4.89. The Morgan fingerprint density at radius 1 is 1.28 bits per heavy atom. The van der Waals surface area contributed by atoms with Crippen molar-refractivity contribution in [2.24, 2.45) is 0 Å². The van der Waals surface area contributed by atoms with Crippen LogP contribution in [0.3, 0.4) is 0 Å². The Morgan fingerprint density at radius 2 is 1.89 bits per heavy atom. The van der Waals surface area contributed by atoms with Crippen LogP contribution in [-0.2, 0) is 9.59 Å². The van der Waals surface area contributed by atoms with Gasteiger partial charge in [-0.2, -0.15) is 0 Å². The molecule has 2 rings (SSSR count). The molecule has 0 atom stereocenters. The summed E-state index contributed by atoms with van der Waals surface area (Å²) in [6, 6.07) is 1.55. The summed E-state index contributed by atoms with van der Waals surface area (Å²) in [4.78, 5) is 32.6. The lowest BCUT2D eigenvalue weighted by Gasteiger charge is -2.26. The summed E-state index contributed by atoms with van der Waals surface area (Å²) in [5.41, 5.74) is 0. The first-order valence-electron chi connectivity index (χ1n) is 5.58. The first-order valence-corrected chi connectivity index (χ1v) is 5.95. The molecule has 0 bridgehead atoms. The lowest BCUT2D eigenvalue weighted by atomic mass is 10.2. The molecule has 0 saturated carbocycles. The van der Waals surface area contributed by atoms with E-state index in [1.165, 1.54) is 0 Å². The molecule has 0 radical (unpaired) electrons. The van der Waals surface area contributed by atoms with Crippen LogP contribution in [0.15, 0.2) is 6.07 Å². The second-order valence-corrected chi connectivity index (χ2v) is 4.78. The summed E-state index contributed by atoms with van der Waals surface area (Å²) in [7, 11) is 0. The van der Waals surface area contributed by atoms with Gasteiger partial charge < -0.3 is 4.90 Å². The monoisotopic (exact) mass is 268 g/mol. The Kier molecular flexibility index (Phi) is 3.47. The smallest absolute Gasteiger partial charge is 0.246 e. The zero-order chi connectivity index (χ0) is 13.3. The van der Waals surface area contributed by atoms with E-state index >= 15 is 0 Å². The molecule has 2 amide bonds. The Morgan fingerprint density at radius 3 is 2.44 bits per heavy atom. The van der Waals surface area contributed by atoms with Gasteiger partial charge in [-0.25, -0.2) is 9.97 Å². The van der Waals surface area contributed by atoms with Gasteiger partial charge in [0, 0.05) is 12.0 Å². The number of imide groups is 1. The predicted octanol–water partition coefficient (Wildman–Crippen LogP) is 0.716. The van der Waals surface area contributed by atoms with Crippen LogP contribution in [0.25, 0.3) is 0 Å². The van der Waals surface area contributed by atoms with Crippen LogP contribution in [0, 0.1) is 0 Å². The maximum Gasteiger partial charge on any atom is 0.246 e. The third-order valence-electron chi connectivity index (χ3n) is 2.49. The van der Waals surface area contributed by atoms with Crippen molar-refractivity contribution < 1.29 is 9.59 Å². The zero-order valence-corrected chi connectivity index (χ0v) is 10.9. The molecule has 1 aromatic heterocycles. The molecule has 1 N–H and O–H groups in total. The third kappa shape index (κ3) is 2.76. The van der Waals surface area contributed by atoms with Crippen LogP contribution in [0.1, 0.15) is 25.6 Å². The van der Waals surface area contributed by atoms with Gasteiger partial charge in [0.15, 0.2) is 0 Å². The topological polar surface area (TPSA) is 75.2 Å². The molecule has 0 aliphatic carbocycles. The minimum Gasteiger partial charge on any atom is -0.338 e. The molecule has 18 heavy (non-hydrogen) atoms. The molecule has 1 saturated heterocycles. The molecule has 1 aliphatic rings. The lowest BCUT2D eigenvalue weighted by molar-refractivity contribution is -0.130. The van der Waals surface area contributed by atoms with Crippen molar-refractivity contribution in [2.45, 2.75) is 19.8 Å². The van der Waals surface area contributed by atoms with E-state index in [0.29, 0.717) is 16.8 Å². The molecule has 6 nitrogen and oxygen atoms in total. The zero-order valence-electron chi connectivity index (χ0n) is 10.1. The summed E-state index contributed by atoms with van der Waals surface area (Å²) in [5.74, 6) is 0.536. The Hall–Kier alpha value is -1.69. The SMILES string of the molecule is CC(C)c1nc(Cl)cc(N2CC(=O)NC(=O)C2)n1. The molecule has 0 spiro atoms. The largest absolute Gasteiger partial charge is 0.338 e. The highest BCUT2D eigenvalue weighted by Gasteiger charge is 2.24. The average molecular weight is 269 g/mol. The van der Waals surface area contributed by atoms with Crippen LogP contribution in [-0.4, -0.2) is 34.9 Å². The first kappa shape index (κ1) is 12.8. The van der Waals surface area contributed by atoms with Crippen LogP contribution in [0.2, 0.25) is 5.15 Å². The van der Waals surface area contributed by atoms with Gasteiger partial charge in [-0.3, -0.25) is 14.9 Å². The fourth-order valence-electron chi connectivity index (χ4n) is 1.64. The van der Waals surface area contributed by atoms with Gasteiger partial charge in [0.1, 0.15) is 16.8 Å². The van der Waals surface area contributed by atoms with Crippen molar-refractivity contribution in [3.8, 4) is 0 Å². The molecule has 1 fully saturated rings. The predicted molar refractivity (Wildman–Crippen MR) is 66.5 cm³/mol. The normalized spacial score (nSPS) is 16.1. The number of amides is 2. The number of halogens is 1. The highest BCUT2D eigenvalue weighted by molar-refractivity contribution is 6.29. The minimum atomic E-state index is -0.341. The number of carbonyl (C=O) groups excluding carboxylic acids is 2. The van der Waals surface area contributed by atoms with E-state index in [9.17, 15) is 9.59 Å². The van der Waals surface area contributed by atoms with Crippen LogP contribution in [0.4, 0.5) is 5.82 Å². The molecule has 1 aliphatic heterocycles. The average Bonchev–Trinajstić information content (AvgIpc) is 2.26. The van der Waals surface area contributed by atoms with Crippen LogP contribution in [0.5, 0.6) is 0 Å². The fraction of sp³-hybridized carbons (Fsp3) is 0.455. The van der Waals surface area contributed by atoms with Gasteiger partial charge in [0.2, 0.25) is 11.8 Å². The number of nitrogens with one attached hydrogen (secondary N) is 1. The van der Waals surface area contributed by atoms with E-state index in [0.717, 1.165) is 0 Å². The molecular formula is C11H13ClN4O2. The lowest BCUT2D eigenvalue weighted by Crippen LogP contribution is -2.51. The Bertz CT molecular complexity index is 488. The molecular weight excluding hydrogens is 256 g/mol. The molecule has 1 aromatic rings. The van der Waals surface area contributed by atoms with Crippen molar-refractivity contribution in [1.29, 1.82) is 0 Å². The number of carbonyl (C=O) groups is 2. The summed E-state index contributed by atoms with van der Waals surface area (Å²) in [6.07, 6.45) is 0. The van der Waals surface area contributed by atoms with Crippen LogP contribution >= 0.6 is 11.6 Å². The maximum atomic E-state index is 11.3. The minimum absolute atomic E-state index is 0.0939. The van der Waals surface area contributed by atoms with E-state index < -0.39 is 0 Å². The highest BCUT2D eigenvalue weighted by Crippen LogP contribution is 2.20. The number of rotatable bonds is 2. The van der Waals surface area contributed by atoms with Gasteiger partial charge in [0.25, 0.3) is 0 Å². The van der Waals surface area contributed by atoms with Crippen molar-refractivity contribution in [3.05, 3.63) is 17.0 Å². The standard InChI is InChI=1S/C11H13ClN4O2/c1-6(2)11-13-7(12)3-8(14-11)16-4-9(17)15-10(18)5-16/h3,6H,4-5H2,1-2H3,(H,15,17,18). The quantitative estimate of drug-likeness (QED) is 0.632. The molecule has 7 heteroatoms. The molecule has 0 unspecified atom stereocenters. The van der Waals surface area contributed by atoms with Crippen molar-refractivity contribution in [3.63, 3.8) is 0 Å². The van der Waals surface area contributed by atoms with E-state index in [1.54, 1.807) is 11.0 Å².